The number of benzene rings is 2. The Morgan fingerprint density at radius 2 is 1.96 bits per heavy atom. The molecule has 0 spiro atoms. The standard InChI is InChI=1S/C20H23N3O3/c24-19(14-18-20(25)22-11-10-21-18)23-16-7-4-8-17(13-16)26-12-9-15-5-2-1-3-6-15/h1-8,13,18,21H,9-12,14H2,(H,22,25)(H,23,24). The van der Waals surface area contributed by atoms with Crippen LogP contribution in [0.1, 0.15) is 12.0 Å². The Kier molecular flexibility index (Phi) is 6.22. The number of anilines is 1. The first-order valence-corrected chi connectivity index (χ1v) is 8.78. The normalized spacial score (nSPS) is 16.6. The Labute approximate surface area is 152 Å². The SMILES string of the molecule is O=C(CC1NCCNC1=O)Nc1cccc(OCCc2ccccc2)c1. The van der Waals surface area contributed by atoms with Crippen LogP contribution in [0.15, 0.2) is 54.6 Å². The number of carbonyl (C=O) groups is 2. The Morgan fingerprint density at radius 3 is 2.77 bits per heavy atom. The van der Waals surface area contributed by atoms with Crippen LogP contribution in [0, 0.1) is 0 Å². The van der Waals surface area contributed by atoms with Gasteiger partial charge in [0.25, 0.3) is 0 Å². The van der Waals surface area contributed by atoms with E-state index in [-0.39, 0.29) is 18.2 Å². The van der Waals surface area contributed by atoms with Crippen molar-refractivity contribution in [1.29, 1.82) is 0 Å². The van der Waals surface area contributed by atoms with E-state index in [1.807, 2.05) is 30.3 Å². The maximum atomic E-state index is 12.2. The second kappa shape index (κ2) is 9.01. The predicted octanol–water partition coefficient (Wildman–Crippen LogP) is 1.72. The molecule has 1 saturated heterocycles. The summed E-state index contributed by atoms with van der Waals surface area (Å²) in [5.74, 6) is 0.359. The molecule has 1 unspecified atom stereocenters. The third kappa shape index (κ3) is 5.32. The molecule has 136 valence electrons. The van der Waals surface area contributed by atoms with Crippen molar-refractivity contribution in [1.82, 2.24) is 10.6 Å². The number of hydrogen-bond donors (Lipinski definition) is 3. The molecule has 1 heterocycles. The van der Waals surface area contributed by atoms with Crippen molar-refractivity contribution in [2.45, 2.75) is 18.9 Å². The summed E-state index contributed by atoms with van der Waals surface area (Å²) in [6.45, 7) is 1.83. The van der Waals surface area contributed by atoms with Gasteiger partial charge in [0.05, 0.1) is 19.1 Å². The summed E-state index contributed by atoms with van der Waals surface area (Å²) in [6.07, 6.45) is 0.921. The maximum Gasteiger partial charge on any atom is 0.237 e. The van der Waals surface area contributed by atoms with Gasteiger partial charge in [-0.2, -0.15) is 0 Å². The molecule has 1 aliphatic rings. The number of nitrogens with one attached hydrogen (secondary N) is 3. The molecule has 3 N–H and O–H groups in total. The van der Waals surface area contributed by atoms with Crippen LogP contribution in [0.4, 0.5) is 5.69 Å². The van der Waals surface area contributed by atoms with Crippen LogP contribution in [0.25, 0.3) is 0 Å². The highest BCUT2D eigenvalue weighted by Crippen LogP contribution is 2.18. The molecule has 0 radical (unpaired) electrons. The fourth-order valence-electron chi connectivity index (χ4n) is 2.81. The van der Waals surface area contributed by atoms with E-state index in [9.17, 15) is 9.59 Å². The van der Waals surface area contributed by atoms with E-state index in [0.717, 1.165) is 6.42 Å². The molecule has 0 saturated carbocycles. The van der Waals surface area contributed by atoms with Crippen LogP contribution in [-0.2, 0) is 16.0 Å². The molecular weight excluding hydrogens is 330 g/mol. The molecule has 3 rings (SSSR count). The Hall–Kier alpha value is -2.86. The quantitative estimate of drug-likeness (QED) is 0.708. The minimum atomic E-state index is -0.478. The third-order valence-electron chi connectivity index (χ3n) is 4.14. The largest absolute Gasteiger partial charge is 0.493 e. The number of rotatable bonds is 7. The number of piperazine rings is 1. The highest BCUT2D eigenvalue weighted by Gasteiger charge is 2.23. The van der Waals surface area contributed by atoms with Gasteiger partial charge in [-0.05, 0) is 17.7 Å². The van der Waals surface area contributed by atoms with E-state index in [2.05, 4.69) is 28.1 Å². The average molecular weight is 353 g/mol. The molecule has 6 nitrogen and oxygen atoms in total. The monoisotopic (exact) mass is 353 g/mol. The molecule has 0 aromatic heterocycles. The van der Waals surface area contributed by atoms with E-state index >= 15 is 0 Å². The van der Waals surface area contributed by atoms with E-state index in [1.165, 1.54) is 5.56 Å². The van der Waals surface area contributed by atoms with Crippen molar-refractivity contribution in [3.8, 4) is 5.75 Å². The fraction of sp³-hybridized carbons (Fsp3) is 0.300. The van der Waals surface area contributed by atoms with Gasteiger partial charge in [0.2, 0.25) is 11.8 Å². The van der Waals surface area contributed by atoms with Crippen molar-refractivity contribution in [2.75, 3.05) is 25.0 Å². The highest BCUT2D eigenvalue weighted by molar-refractivity contribution is 5.95. The van der Waals surface area contributed by atoms with Gasteiger partial charge in [-0.1, -0.05) is 36.4 Å². The summed E-state index contributed by atoms with van der Waals surface area (Å²) >= 11 is 0. The lowest BCUT2D eigenvalue weighted by molar-refractivity contribution is -0.127. The van der Waals surface area contributed by atoms with Gasteiger partial charge < -0.3 is 20.7 Å². The van der Waals surface area contributed by atoms with Crippen LogP contribution in [0.2, 0.25) is 0 Å². The summed E-state index contributed by atoms with van der Waals surface area (Å²) < 4.78 is 5.77. The van der Waals surface area contributed by atoms with Gasteiger partial charge in [-0.15, -0.1) is 0 Å². The highest BCUT2D eigenvalue weighted by atomic mass is 16.5. The number of amides is 2. The molecule has 2 aromatic rings. The topological polar surface area (TPSA) is 79.5 Å². The maximum absolute atomic E-state index is 12.2. The van der Waals surface area contributed by atoms with Gasteiger partial charge in [0.1, 0.15) is 5.75 Å². The molecular formula is C20H23N3O3. The summed E-state index contributed by atoms with van der Waals surface area (Å²) in [5.41, 5.74) is 1.87. The average Bonchev–Trinajstić information content (AvgIpc) is 2.65. The Balaban J connectivity index is 1.48. The number of carbonyl (C=O) groups excluding carboxylic acids is 2. The second-order valence-corrected chi connectivity index (χ2v) is 6.16. The van der Waals surface area contributed by atoms with Gasteiger partial charge in [-0.3, -0.25) is 9.59 Å². The third-order valence-corrected chi connectivity index (χ3v) is 4.14. The molecule has 26 heavy (non-hydrogen) atoms. The minimum absolute atomic E-state index is 0.102. The molecule has 1 fully saturated rings. The first-order chi connectivity index (χ1) is 12.7. The van der Waals surface area contributed by atoms with Crippen molar-refractivity contribution in [2.24, 2.45) is 0 Å². The minimum Gasteiger partial charge on any atom is -0.493 e. The van der Waals surface area contributed by atoms with Crippen molar-refractivity contribution in [3.63, 3.8) is 0 Å². The van der Waals surface area contributed by atoms with E-state index in [4.69, 9.17) is 4.74 Å². The zero-order chi connectivity index (χ0) is 18.2. The van der Waals surface area contributed by atoms with Crippen molar-refractivity contribution < 1.29 is 14.3 Å². The second-order valence-electron chi connectivity index (χ2n) is 6.16. The lowest BCUT2D eigenvalue weighted by atomic mass is 10.1. The van der Waals surface area contributed by atoms with Crippen molar-refractivity contribution in [3.05, 3.63) is 60.2 Å². The van der Waals surface area contributed by atoms with E-state index < -0.39 is 6.04 Å². The molecule has 2 aromatic carbocycles. The van der Waals surface area contributed by atoms with Crippen LogP contribution in [0.3, 0.4) is 0 Å². The van der Waals surface area contributed by atoms with Crippen LogP contribution in [-0.4, -0.2) is 37.6 Å². The summed E-state index contributed by atoms with van der Waals surface area (Å²) in [7, 11) is 0. The van der Waals surface area contributed by atoms with Crippen LogP contribution >= 0.6 is 0 Å². The molecule has 0 bridgehead atoms. The molecule has 0 aliphatic carbocycles. The molecule has 1 atom stereocenters. The smallest absolute Gasteiger partial charge is 0.237 e. The molecule has 2 amide bonds. The van der Waals surface area contributed by atoms with Crippen LogP contribution < -0.4 is 20.7 Å². The number of hydrogen-bond acceptors (Lipinski definition) is 4. The summed E-state index contributed by atoms with van der Waals surface area (Å²) in [6, 6.07) is 16.9. The van der Waals surface area contributed by atoms with Gasteiger partial charge in [0.15, 0.2) is 0 Å². The van der Waals surface area contributed by atoms with Gasteiger partial charge in [0, 0.05) is 31.3 Å². The first-order valence-electron chi connectivity index (χ1n) is 8.78. The van der Waals surface area contributed by atoms with Crippen molar-refractivity contribution >= 4 is 17.5 Å². The zero-order valence-corrected chi connectivity index (χ0v) is 14.5. The number of ether oxygens (including phenoxy) is 1. The van der Waals surface area contributed by atoms with E-state index in [1.54, 1.807) is 12.1 Å². The lowest BCUT2D eigenvalue weighted by Gasteiger charge is -2.22. The van der Waals surface area contributed by atoms with Gasteiger partial charge >= 0.3 is 0 Å². The Morgan fingerprint density at radius 1 is 1.12 bits per heavy atom. The van der Waals surface area contributed by atoms with E-state index in [0.29, 0.717) is 31.1 Å². The first kappa shape index (κ1) is 17.9. The zero-order valence-electron chi connectivity index (χ0n) is 14.5. The summed E-state index contributed by atoms with van der Waals surface area (Å²) in [5, 5.41) is 8.61. The summed E-state index contributed by atoms with van der Waals surface area (Å²) in [4.78, 5) is 23.9. The van der Waals surface area contributed by atoms with Crippen LogP contribution in [0.5, 0.6) is 5.75 Å². The lowest BCUT2D eigenvalue weighted by Crippen LogP contribution is -2.53. The van der Waals surface area contributed by atoms with Gasteiger partial charge in [-0.25, -0.2) is 0 Å². The predicted molar refractivity (Wildman–Crippen MR) is 100 cm³/mol. The fourth-order valence-corrected chi connectivity index (χ4v) is 2.81. The molecule has 6 heteroatoms. The Bertz CT molecular complexity index is 749. The molecule has 1 aliphatic heterocycles.